The van der Waals surface area contributed by atoms with Crippen molar-refractivity contribution < 1.29 is 52.2 Å². The zero-order valence-electron chi connectivity index (χ0n) is 36.0. The maximum Gasteiger partial charge on any atom is 0.472 e. The van der Waals surface area contributed by atoms with Crippen LogP contribution >= 0.6 is 7.82 Å². The molecule has 1 aromatic rings. The molecule has 0 bridgehead atoms. The van der Waals surface area contributed by atoms with E-state index >= 15 is 0 Å². The molecular weight excluding hydrogens is 761 g/mol. The summed E-state index contributed by atoms with van der Waals surface area (Å²) in [4.78, 5) is 35.0. The van der Waals surface area contributed by atoms with Crippen molar-refractivity contribution in [1.82, 2.24) is 0 Å². The monoisotopic (exact) mass is 838 g/mol. The number of rotatable bonds is 36. The summed E-state index contributed by atoms with van der Waals surface area (Å²) in [5, 5.41) is 20.2. The van der Waals surface area contributed by atoms with Gasteiger partial charge in [-0.1, -0.05) is 120 Å². The number of phosphoric acid groups is 1. The van der Waals surface area contributed by atoms with Gasteiger partial charge in [0.15, 0.2) is 6.10 Å². The minimum atomic E-state index is -4.46. The molecule has 0 aliphatic heterocycles. The number of aryl methyl sites for hydroxylation is 2. The van der Waals surface area contributed by atoms with Crippen LogP contribution in [0.25, 0.3) is 0 Å². The number of carbonyl (C=O) groups excluding carboxylic acids is 2. The number of unbranched alkanes of at least 4 members (excludes halogenated alkanes) is 9. The Bertz CT molecular complexity index is 1400. The van der Waals surface area contributed by atoms with Crippen molar-refractivity contribution in [3.05, 3.63) is 71.3 Å². The second kappa shape index (κ2) is 33.9. The number of aliphatic hydroxyl groups is 2. The van der Waals surface area contributed by atoms with Gasteiger partial charge in [-0.05, 0) is 69.9 Å². The number of esters is 2. The predicted octanol–water partition coefficient (Wildman–Crippen LogP) is 9.54. The molecule has 58 heavy (non-hydrogen) atoms. The molecule has 0 aliphatic carbocycles. The molecule has 1 rings (SSSR count). The van der Waals surface area contributed by atoms with E-state index in [0.29, 0.717) is 25.7 Å². The molecule has 0 spiro atoms. The molecule has 1 heterocycles. The first-order chi connectivity index (χ1) is 27.9. The normalized spacial score (nSPS) is 14.8. The lowest BCUT2D eigenvalue weighted by atomic mass is 10.0. The Morgan fingerprint density at radius 2 is 1.24 bits per heavy atom. The van der Waals surface area contributed by atoms with Gasteiger partial charge in [-0.25, -0.2) is 4.57 Å². The van der Waals surface area contributed by atoms with Crippen LogP contribution in [-0.2, 0) is 45.5 Å². The SMILES string of the molecule is CCCCCc1oc(CCCCCCCCC(=O)OC[C@H](COP(=O)(O)OCCN)OC(=O)CCC[C@H](O)/C=C/C=C\C/C=C\C=C\[C@H](O)CCCCC)c(C)c1C. The fourth-order valence-electron chi connectivity index (χ4n) is 6.03. The topological polar surface area (TPSA) is 188 Å². The van der Waals surface area contributed by atoms with Crippen molar-refractivity contribution in [2.45, 2.75) is 174 Å². The lowest BCUT2D eigenvalue weighted by molar-refractivity contribution is -0.161. The molecule has 0 aliphatic rings. The van der Waals surface area contributed by atoms with Gasteiger partial charge < -0.3 is 34.7 Å². The quantitative estimate of drug-likeness (QED) is 0.0217. The van der Waals surface area contributed by atoms with Crippen molar-refractivity contribution in [3.63, 3.8) is 0 Å². The molecule has 0 saturated carbocycles. The van der Waals surface area contributed by atoms with E-state index in [1.165, 1.54) is 24.0 Å². The van der Waals surface area contributed by atoms with Gasteiger partial charge in [-0.15, -0.1) is 0 Å². The molecule has 1 aromatic heterocycles. The van der Waals surface area contributed by atoms with E-state index < -0.39 is 44.7 Å². The van der Waals surface area contributed by atoms with Gasteiger partial charge in [0.25, 0.3) is 0 Å². The zero-order valence-corrected chi connectivity index (χ0v) is 36.8. The van der Waals surface area contributed by atoms with Crippen molar-refractivity contribution in [3.8, 4) is 0 Å². The number of phosphoric ester groups is 1. The van der Waals surface area contributed by atoms with E-state index in [-0.39, 0.29) is 32.6 Å². The maximum absolute atomic E-state index is 12.6. The molecule has 12 nitrogen and oxygen atoms in total. The first-order valence-corrected chi connectivity index (χ1v) is 23.2. The van der Waals surface area contributed by atoms with Crippen LogP contribution in [0.1, 0.15) is 152 Å². The standard InChI is InChI=1S/C45H76NO11P/c1-5-7-18-25-39(47)26-20-14-10-9-11-15-21-27-40(48)28-24-32-45(50)56-41(36-55-58(51,52)54-34-33-46)35-53-44(49)31-23-17-13-12-16-22-30-43-38(4)37(3)42(57-43)29-19-8-6-2/h10-11,14-15,20-21,26-27,39-41,47-48H,5-9,12-13,16-19,22-25,28-36,46H2,1-4H3,(H,51,52)/b14-10-,15-11-,26-20+,27-21+/t39-,40-,41-/m1/s1. The van der Waals surface area contributed by atoms with Gasteiger partial charge in [-0.3, -0.25) is 18.6 Å². The Labute approximate surface area is 348 Å². The van der Waals surface area contributed by atoms with Gasteiger partial charge in [0.05, 0.1) is 25.4 Å². The summed E-state index contributed by atoms with van der Waals surface area (Å²) in [7, 11) is -4.46. The minimum absolute atomic E-state index is 0.00655. The van der Waals surface area contributed by atoms with Crippen LogP contribution < -0.4 is 5.73 Å². The molecule has 0 fully saturated rings. The van der Waals surface area contributed by atoms with Crippen LogP contribution in [0.5, 0.6) is 0 Å². The molecule has 5 N–H and O–H groups in total. The highest BCUT2D eigenvalue weighted by atomic mass is 31.2. The minimum Gasteiger partial charge on any atom is -0.466 e. The number of aliphatic hydroxyl groups excluding tert-OH is 2. The Kier molecular flexibility index (Phi) is 31.1. The van der Waals surface area contributed by atoms with Crippen molar-refractivity contribution in [2.75, 3.05) is 26.4 Å². The number of hydrogen-bond donors (Lipinski definition) is 4. The number of ether oxygens (including phenoxy) is 2. The maximum atomic E-state index is 12.6. The Balaban J connectivity index is 2.40. The van der Waals surface area contributed by atoms with Gasteiger partial charge in [0, 0.05) is 32.2 Å². The summed E-state index contributed by atoms with van der Waals surface area (Å²) < 4.78 is 38.9. The van der Waals surface area contributed by atoms with Gasteiger partial charge in [0.2, 0.25) is 0 Å². The third-order valence-corrected chi connectivity index (χ3v) is 10.6. The first kappa shape index (κ1) is 53.2. The van der Waals surface area contributed by atoms with E-state index in [4.69, 9.17) is 28.7 Å². The fraction of sp³-hybridized carbons (Fsp3) is 0.689. The third-order valence-electron chi connectivity index (χ3n) is 9.63. The smallest absolute Gasteiger partial charge is 0.466 e. The average molecular weight is 838 g/mol. The lowest BCUT2D eigenvalue weighted by Gasteiger charge is -2.20. The predicted molar refractivity (Wildman–Crippen MR) is 230 cm³/mol. The molecular formula is C45H76NO11P. The van der Waals surface area contributed by atoms with E-state index in [9.17, 15) is 29.3 Å². The second-order valence-electron chi connectivity index (χ2n) is 14.8. The van der Waals surface area contributed by atoms with Crippen molar-refractivity contribution in [1.29, 1.82) is 0 Å². The Morgan fingerprint density at radius 1 is 0.707 bits per heavy atom. The van der Waals surface area contributed by atoms with Gasteiger partial charge in [-0.2, -0.15) is 0 Å². The van der Waals surface area contributed by atoms with Crippen molar-refractivity contribution >= 4 is 19.8 Å². The summed E-state index contributed by atoms with van der Waals surface area (Å²) in [5.74, 6) is 1.15. The third kappa shape index (κ3) is 27.8. The number of carbonyl (C=O) groups is 2. The Hall–Kier alpha value is -2.83. The molecule has 0 saturated heterocycles. The highest BCUT2D eigenvalue weighted by Crippen LogP contribution is 2.43. The van der Waals surface area contributed by atoms with Crippen LogP contribution in [0.4, 0.5) is 0 Å². The molecule has 0 amide bonds. The lowest BCUT2D eigenvalue weighted by Crippen LogP contribution is -2.29. The largest absolute Gasteiger partial charge is 0.472 e. The highest BCUT2D eigenvalue weighted by molar-refractivity contribution is 7.47. The fourth-order valence-corrected chi connectivity index (χ4v) is 6.79. The van der Waals surface area contributed by atoms with Crippen LogP contribution in [0.3, 0.4) is 0 Å². The summed E-state index contributed by atoms with van der Waals surface area (Å²) in [6.07, 6.45) is 29.1. The first-order valence-electron chi connectivity index (χ1n) is 21.7. The van der Waals surface area contributed by atoms with Crippen LogP contribution in [-0.4, -0.2) is 71.7 Å². The molecule has 4 atom stereocenters. The number of nitrogens with two attached hydrogens (primary N) is 1. The summed E-state index contributed by atoms with van der Waals surface area (Å²) in [6, 6.07) is 0. The van der Waals surface area contributed by atoms with Gasteiger partial charge in [0.1, 0.15) is 18.1 Å². The van der Waals surface area contributed by atoms with E-state index in [0.717, 1.165) is 88.6 Å². The number of hydrogen-bond acceptors (Lipinski definition) is 11. The highest BCUT2D eigenvalue weighted by Gasteiger charge is 2.26. The van der Waals surface area contributed by atoms with E-state index in [1.807, 2.05) is 30.4 Å². The molecule has 1 unspecified atom stereocenters. The molecule has 0 aromatic carbocycles. The Morgan fingerprint density at radius 3 is 1.84 bits per heavy atom. The van der Waals surface area contributed by atoms with E-state index in [1.54, 1.807) is 18.2 Å². The number of furan rings is 1. The average Bonchev–Trinajstić information content (AvgIpc) is 3.46. The van der Waals surface area contributed by atoms with Crippen LogP contribution in [0.2, 0.25) is 0 Å². The summed E-state index contributed by atoms with van der Waals surface area (Å²) in [6.45, 7) is 7.57. The van der Waals surface area contributed by atoms with Crippen molar-refractivity contribution in [2.24, 2.45) is 5.73 Å². The summed E-state index contributed by atoms with van der Waals surface area (Å²) >= 11 is 0. The zero-order chi connectivity index (χ0) is 42.9. The van der Waals surface area contributed by atoms with Crippen LogP contribution in [0, 0.1) is 13.8 Å². The van der Waals surface area contributed by atoms with Crippen LogP contribution in [0.15, 0.2) is 53.0 Å². The second-order valence-corrected chi connectivity index (χ2v) is 16.3. The molecule has 332 valence electrons. The van der Waals surface area contributed by atoms with E-state index in [2.05, 4.69) is 27.7 Å². The van der Waals surface area contributed by atoms with Gasteiger partial charge >= 0.3 is 19.8 Å². The molecule has 13 heteroatoms. The number of allylic oxidation sites excluding steroid dienone is 6. The molecule has 0 radical (unpaired) electrons. The summed E-state index contributed by atoms with van der Waals surface area (Å²) in [5.41, 5.74) is 7.91.